The van der Waals surface area contributed by atoms with Crippen molar-refractivity contribution in [2.45, 2.75) is 37.3 Å². The molecule has 2 aromatic carbocycles. The van der Waals surface area contributed by atoms with Gasteiger partial charge in [0, 0.05) is 18.5 Å². The highest BCUT2D eigenvalue weighted by Gasteiger charge is 2.45. The van der Waals surface area contributed by atoms with Gasteiger partial charge in [-0.25, -0.2) is 13.2 Å². The van der Waals surface area contributed by atoms with Gasteiger partial charge >= 0.3 is 0 Å². The Kier molecular flexibility index (Phi) is 4.93. The molecule has 30 heavy (non-hydrogen) atoms. The fraction of sp³-hybridized carbons (Fsp3) is 0.435. The molecule has 3 N–H and O–H groups in total. The smallest absolute Gasteiger partial charge is 0.237 e. The SMILES string of the molecule is O=C1NCC[C@@H]1NCC1CC(C2c3cc(F)cc(F)c3NC2c2ccc(F)cc2)C1. The normalized spacial score (nSPS) is 29.8. The molecule has 5 rings (SSSR count). The van der Waals surface area contributed by atoms with Crippen LogP contribution in [0.2, 0.25) is 0 Å². The minimum Gasteiger partial charge on any atom is -0.375 e. The van der Waals surface area contributed by atoms with Crippen molar-refractivity contribution in [1.82, 2.24) is 10.6 Å². The zero-order valence-electron chi connectivity index (χ0n) is 16.4. The number of fused-ring (bicyclic) bond motifs is 1. The van der Waals surface area contributed by atoms with E-state index in [-0.39, 0.29) is 35.6 Å². The molecule has 7 heteroatoms. The zero-order chi connectivity index (χ0) is 20.8. The molecule has 2 unspecified atom stereocenters. The molecule has 2 aromatic rings. The minimum atomic E-state index is -0.593. The number of amides is 1. The first-order valence-electron chi connectivity index (χ1n) is 10.5. The van der Waals surface area contributed by atoms with Crippen molar-refractivity contribution in [3.05, 3.63) is 65.0 Å². The van der Waals surface area contributed by atoms with Crippen molar-refractivity contribution in [2.75, 3.05) is 18.4 Å². The third-order valence-electron chi connectivity index (χ3n) is 6.81. The average molecular weight is 415 g/mol. The van der Waals surface area contributed by atoms with Crippen LogP contribution < -0.4 is 16.0 Å². The van der Waals surface area contributed by atoms with Crippen molar-refractivity contribution in [3.8, 4) is 0 Å². The van der Waals surface area contributed by atoms with Gasteiger partial charge in [0.25, 0.3) is 0 Å². The fourth-order valence-electron chi connectivity index (χ4n) is 5.27. The van der Waals surface area contributed by atoms with Crippen LogP contribution in [0.25, 0.3) is 0 Å². The van der Waals surface area contributed by atoms with E-state index in [2.05, 4.69) is 16.0 Å². The summed E-state index contributed by atoms with van der Waals surface area (Å²) < 4.78 is 41.9. The summed E-state index contributed by atoms with van der Waals surface area (Å²) in [6.45, 7) is 1.48. The summed E-state index contributed by atoms with van der Waals surface area (Å²) in [5.74, 6) is -0.830. The maximum absolute atomic E-state index is 14.5. The van der Waals surface area contributed by atoms with E-state index in [4.69, 9.17) is 0 Å². The lowest BCUT2D eigenvalue weighted by atomic mass is 9.64. The Morgan fingerprint density at radius 1 is 1.03 bits per heavy atom. The maximum atomic E-state index is 14.5. The highest BCUT2D eigenvalue weighted by molar-refractivity contribution is 5.83. The Morgan fingerprint density at radius 2 is 1.80 bits per heavy atom. The first-order chi connectivity index (χ1) is 14.5. The van der Waals surface area contributed by atoms with Crippen LogP contribution in [-0.4, -0.2) is 25.0 Å². The Morgan fingerprint density at radius 3 is 2.50 bits per heavy atom. The number of hydrogen-bond acceptors (Lipinski definition) is 3. The van der Waals surface area contributed by atoms with Crippen LogP contribution in [0.5, 0.6) is 0 Å². The summed E-state index contributed by atoms with van der Waals surface area (Å²) in [6.07, 6.45) is 2.64. The second kappa shape index (κ2) is 7.61. The Labute approximate surface area is 173 Å². The number of carbonyl (C=O) groups is 1. The fourth-order valence-corrected chi connectivity index (χ4v) is 5.27. The van der Waals surface area contributed by atoms with Crippen molar-refractivity contribution in [3.63, 3.8) is 0 Å². The first kappa shape index (κ1) is 19.4. The summed E-state index contributed by atoms with van der Waals surface area (Å²) in [7, 11) is 0. The van der Waals surface area contributed by atoms with E-state index in [1.807, 2.05) is 0 Å². The molecule has 158 valence electrons. The summed E-state index contributed by atoms with van der Waals surface area (Å²) in [6, 6.07) is 8.18. The number of halogens is 3. The number of benzene rings is 2. The van der Waals surface area contributed by atoms with Gasteiger partial charge in [-0.05, 0) is 67.0 Å². The molecule has 2 heterocycles. The van der Waals surface area contributed by atoms with Crippen LogP contribution in [0.3, 0.4) is 0 Å². The predicted molar refractivity (Wildman–Crippen MR) is 107 cm³/mol. The molecule has 1 saturated carbocycles. The van der Waals surface area contributed by atoms with Gasteiger partial charge in [-0.3, -0.25) is 4.79 Å². The van der Waals surface area contributed by atoms with Crippen molar-refractivity contribution in [2.24, 2.45) is 11.8 Å². The molecule has 2 fully saturated rings. The van der Waals surface area contributed by atoms with Gasteiger partial charge in [0.05, 0.1) is 17.8 Å². The molecule has 0 aromatic heterocycles. The van der Waals surface area contributed by atoms with E-state index in [1.165, 1.54) is 18.2 Å². The van der Waals surface area contributed by atoms with Crippen LogP contribution in [0.15, 0.2) is 36.4 Å². The van der Waals surface area contributed by atoms with Gasteiger partial charge in [-0.15, -0.1) is 0 Å². The predicted octanol–water partition coefficient (Wildman–Crippen LogP) is 3.86. The molecule has 3 aliphatic rings. The molecule has 0 bridgehead atoms. The average Bonchev–Trinajstić information content (AvgIpc) is 3.25. The zero-order valence-corrected chi connectivity index (χ0v) is 16.4. The van der Waals surface area contributed by atoms with Crippen molar-refractivity contribution in [1.29, 1.82) is 0 Å². The third kappa shape index (κ3) is 3.45. The Hall–Kier alpha value is -2.54. The van der Waals surface area contributed by atoms with Gasteiger partial charge in [0.1, 0.15) is 17.5 Å². The summed E-state index contributed by atoms with van der Waals surface area (Å²) in [5.41, 5.74) is 1.87. The molecule has 1 amide bonds. The largest absolute Gasteiger partial charge is 0.375 e. The van der Waals surface area contributed by atoms with Crippen LogP contribution >= 0.6 is 0 Å². The molecule has 0 spiro atoms. The highest BCUT2D eigenvalue weighted by atomic mass is 19.1. The van der Waals surface area contributed by atoms with Crippen LogP contribution in [-0.2, 0) is 4.79 Å². The quantitative estimate of drug-likeness (QED) is 0.695. The highest BCUT2D eigenvalue weighted by Crippen LogP contribution is 2.55. The number of nitrogens with one attached hydrogen (secondary N) is 3. The lowest BCUT2D eigenvalue weighted by molar-refractivity contribution is -0.120. The van der Waals surface area contributed by atoms with Gasteiger partial charge in [0.2, 0.25) is 5.91 Å². The molecule has 1 saturated heterocycles. The molecule has 3 atom stereocenters. The number of anilines is 1. The summed E-state index contributed by atoms with van der Waals surface area (Å²) in [4.78, 5) is 11.7. The van der Waals surface area contributed by atoms with Crippen molar-refractivity contribution < 1.29 is 18.0 Å². The van der Waals surface area contributed by atoms with E-state index in [0.717, 1.165) is 37.4 Å². The van der Waals surface area contributed by atoms with Gasteiger partial charge in [0.15, 0.2) is 0 Å². The number of rotatable bonds is 5. The molecule has 4 nitrogen and oxygen atoms in total. The third-order valence-corrected chi connectivity index (χ3v) is 6.81. The summed E-state index contributed by atoms with van der Waals surface area (Å²) in [5, 5.41) is 9.40. The Bertz CT molecular complexity index is 959. The number of carbonyl (C=O) groups excluding carboxylic acids is 1. The molecular weight excluding hydrogens is 391 g/mol. The molecular formula is C23H24F3N3O. The van der Waals surface area contributed by atoms with Crippen LogP contribution in [0, 0.1) is 29.3 Å². The second-order valence-electron chi connectivity index (χ2n) is 8.69. The van der Waals surface area contributed by atoms with E-state index < -0.39 is 11.6 Å². The van der Waals surface area contributed by atoms with Gasteiger partial charge in [-0.2, -0.15) is 0 Å². The lowest BCUT2D eigenvalue weighted by Gasteiger charge is -2.42. The van der Waals surface area contributed by atoms with Gasteiger partial charge < -0.3 is 16.0 Å². The van der Waals surface area contributed by atoms with Crippen LogP contribution in [0.1, 0.15) is 42.3 Å². The minimum absolute atomic E-state index is 0.0575. The molecule has 2 aliphatic heterocycles. The molecule has 0 radical (unpaired) electrons. The maximum Gasteiger partial charge on any atom is 0.237 e. The monoisotopic (exact) mass is 415 g/mol. The number of hydrogen-bond donors (Lipinski definition) is 3. The Balaban J connectivity index is 1.33. The van der Waals surface area contributed by atoms with Gasteiger partial charge in [-0.1, -0.05) is 12.1 Å². The summed E-state index contributed by atoms with van der Waals surface area (Å²) >= 11 is 0. The van der Waals surface area contributed by atoms with Crippen LogP contribution in [0.4, 0.5) is 18.9 Å². The second-order valence-corrected chi connectivity index (χ2v) is 8.69. The first-order valence-corrected chi connectivity index (χ1v) is 10.5. The molecule has 1 aliphatic carbocycles. The topological polar surface area (TPSA) is 53.2 Å². The van der Waals surface area contributed by atoms with E-state index >= 15 is 0 Å². The van der Waals surface area contributed by atoms with Crippen molar-refractivity contribution >= 4 is 11.6 Å². The lowest BCUT2D eigenvalue weighted by Crippen LogP contribution is -2.43. The van der Waals surface area contributed by atoms with E-state index in [1.54, 1.807) is 12.1 Å². The van der Waals surface area contributed by atoms with E-state index in [9.17, 15) is 18.0 Å². The standard InChI is InChI=1S/C23H24F3N3O/c24-15-3-1-13(2-4-15)21-20(17-9-16(25)10-18(26)22(17)29-21)14-7-12(8-14)11-28-19-5-6-27-23(19)30/h1-4,9-10,12,14,19-21,28-29H,5-8,11H2,(H,27,30)/t12?,14?,19-,20?,21?/m0/s1. The van der Waals surface area contributed by atoms with E-state index in [0.29, 0.717) is 23.7 Å².